The predicted octanol–water partition coefficient (Wildman–Crippen LogP) is 5.89. The molecule has 0 radical (unpaired) electrons. The Labute approximate surface area is 173 Å². The fraction of sp³-hybridized carbons (Fsp3) is 0.407. The van der Waals surface area contributed by atoms with Gasteiger partial charge < -0.3 is 0 Å². The highest BCUT2D eigenvalue weighted by Gasteiger charge is 2.35. The Morgan fingerprint density at radius 3 is 1.79 bits per heavy atom. The van der Waals surface area contributed by atoms with E-state index in [0.717, 1.165) is 5.92 Å². The molecule has 0 spiro atoms. The van der Waals surface area contributed by atoms with Gasteiger partial charge in [-0.1, -0.05) is 101 Å². The lowest BCUT2D eigenvalue weighted by Crippen LogP contribution is -2.43. The second-order valence-corrected chi connectivity index (χ2v) is 11.8. The number of hydrogen-bond acceptors (Lipinski definition) is 0. The van der Waals surface area contributed by atoms with Crippen molar-refractivity contribution < 1.29 is 0 Å². The van der Waals surface area contributed by atoms with Crippen molar-refractivity contribution >= 4 is 19.2 Å². The number of hydrogen-bond donors (Lipinski definition) is 0. The molecule has 1 saturated carbocycles. The Morgan fingerprint density at radius 1 is 0.714 bits per heavy atom. The third-order valence-corrected chi connectivity index (χ3v) is 10.7. The van der Waals surface area contributed by atoms with Gasteiger partial charge in [-0.15, -0.1) is 0 Å². The van der Waals surface area contributed by atoms with Gasteiger partial charge >= 0.3 is 0 Å². The molecular weight excluding hydrogens is 352 g/mol. The Bertz CT molecular complexity index is 814. The molecule has 146 valence electrons. The first kappa shape index (κ1) is 19.5. The van der Waals surface area contributed by atoms with E-state index in [9.17, 15) is 0 Å². The molecule has 0 aromatic heterocycles. The molecule has 0 amide bonds. The zero-order valence-electron chi connectivity index (χ0n) is 17.7. The van der Waals surface area contributed by atoms with Crippen LogP contribution in [0.15, 0.2) is 83.0 Å². The highest BCUT2D eigenvalue weighted by molar-refractivity contribution is 6.85. The van der Waals surface area contributed by atoms with Gasteiger partial charge in [0.05, 0.1) is 0 Å². The number of allylic oxidation sites excluding steroid dienone is 4. The number of rotatable bonds is 5. The number of benzene rings is 2. The van der Waals surface area contributed by atoms with Crippen LogP contribution < -0.4 is 10.4 Å². The average Bonchev–Trinajstić information content (AvgIpc) is 2.97. The van der Waals surface area contributed by atoms with Crippen LogP contribution in [0.5, 0.6) is 0 Å². The summed E-state index contributed by atoms with van der Waals surface area (Å²) in [5.41, 5.74) is 6.68. The second kappa shape index (κ2) is 8.65. The lowest BCUT2D eigenvalue weighted by atomic mass is 9.78. The van der Waals surface area contributed by atoms with Crippen LogP contribution in [0, 0.1) is 11.8 Å². The van der Waals surface area contributed by atoms with E-state index >= 15 is 0 Å². The zero-order chi connectivity index (χ0) is 19.5. The van der Waals surface area contributed by atoms with Crippen molar-refractivity contribution in [2.75, 3.05) is 0 Å². The first-order valence-electron chi connectivity index (χ1n) is 11.1. The van der Waals surface area contributed by atoms with E-state index in [0.29, 0.717) is 5.92 Å². The lowest BCUT2D eigenvalue weighted by molar-refractivity contribution is 0.384. The van der Waals surface area contributed by atoms with Crippen molar-refractivity contribution in [1.82, 2.24) is 0 Å². The van der Waals surface area contributed by atoms with Gasteiger partial charge in [0, 0.05) is 0 Å². The molecule has 2 aliphatic rings. The topological polar surface area (TPSA) is 0 Å². The van der Waals surface area contributed by atoms with E-state index in [1.165, 1.54) is 38.1 Å². The molecule has 0 nitrogen and oxygen atoms in total. The van der Waals surface area contributed by atoms with Gasteiger partial charge in [0.1, 0.15) is 8.80 Å². The lowest BCUT2D eigenvalue weighted by Gasteiger charge is -2.31. The van der Waals surface area contributed by atoms with Gasteiger partial charge in [-0.3, -0.25) is 0 Å². The van der Waals surface area contributed by atoms with E-state index < -0.39 is 8.80 Å². The van der Waals surface area contributed by atoms with E-state index in [4.69, 9.17) is 0 Å². The predicted molar refractivity (Wildman–Crippen MR) is 125 cm³/mol. The highest BCUT2D eigenvalue weighted by Crippen LogP contribution is 2.47. The van der Waals surface area contributed by atoms with Crippen LogP contribution in [-0.2, 0) is 0 Å². The first-order valence-corrected chi connectivity index (χ1v) is 13.1. The minimum absolute atomic E-state index is 0.667. The monoisotopic (exact) mass is 386 g/mol. The summed E-state index contributed by atoms with van der Waals surface area (Å²) in [6.45, 7) is 7.19. The molecule has 1 unspecified atom stereocenters. The van der Waals surface area contributed by atoms with Gasteiger partial charge in [0.15, 0.2) is 0 Å². The standard InChI is InChI=1S/C27H34Si/c1-20-21(2)26(27(22(20)3)23-13-7-4-8-14-23)19-28(24-15-9-5-10-16-24)25-17-11-6-12-18-25/h5-6,9-12,15-18,23,26,28H,4,7-8,13-14,19H2,1-3H3. The van der Waals surface area contributed by atoms with E-state index in [-0.39, 0.29) is 0 Å². The second-order valence-electron chi connectivity index (χ2n) is 8.89. The van der Waals surface area contributed by atoms with Crippen LogP contribution in [0.25, 0.3) is 0 Å². The van der Waals surface area contributed by atoms with Gasteiger partial charge in [0.2, 0.25) is 0 Å². The van der Waals surface area contributed by atoms with E-state index in [2.05, 4.69) is 81.4 Å². The van der Waals surface area contributed by atoms with Crippen LogP contribution >= 0.6 is 0 Å². The maximum absolute atomic E-state index is 2.42. The summed E-state index contributed by atoms with van der Waals surface area (Å²) >= 11 is 0. The van der Waals surface area contributed by atoms with Crippen LogP contribution in [0.3, 0.4) is 0 Å². The van der Waals surface area contributed by atoms with Gasteiger partial charge in [-0.25, -0.2) is 0 Å². The minimum atomic E-state index is -1.26. The quantitative estimate of drug-likeness (QED) is 0.562. The first-order chi connectivity index (χ1) is 13.7. The van der Waals surface area contributed by atoms with Crippen molar-refractivity contribution in [3.05, 3.63) is 83.0 Å². The Balaban J connectivity index is 1.70. The molecule has 1 heteroatoms. The minimum Gasteiger partial charge on any atom is -0.0632 e. The molecular formula is C27H34Si. The van der Waals surface area contributed by atoms with Crippen molar-refractivity contribution in [1.29, 1.82) is 0 Å². The van der Waals surface area contributed by atoms with E-state index in [1.807, 2.05) is 5.57 Å². The maximum atomic E-state index is 2.42. The van der Waals surface area contributed by atoms with Crippen LogP contribution in [-0.4, -0.2) is 8.80 Å². The van der Waals surface area contributed by atoms with Gasteiger partial charge in [-0.05, 0) is 62.6 Å². The smallest absolute Gasteiger partial charge is 0.0632 e. The summed E-state index contributed by atoms with van der Waals surface area (Å²) in [6.07, 6.45) is 7.10. The normalized spacial score (nSPS) is 21.1. The van der Waals surface area contributed by atoms with Crippen molar-refractivity contribution in [3.8, 4) is 0 Å². The Kier molecular flexibility index (Phi) is 6.01. The largest absolute Gasteiger partial charge is 0.104 e. The summed E-state index contributed by atoms with van der Waals surface area (Å²) in [5.74, 6) is 1.49. The van der Waals surface area contributed by atoms with Crippen LogP contribution in [0.2, 0.25) is 6.04 Å². The van der Waals surface area contributed by atoms with Gasteiger partial charge in [0.25, 0.3) is 0 Å². The van der Waals surface area contributed by atoms with E-state index in [1.54, 1.807) is 27.1 Å². The molecule has 1 fully saturated rings. The molecule has 0 heterocycles. The summed E-state index contributed by atoms with van der Waals surface area (Å²) in [4.78, 5) is 0. The molecule has 1 atom stereocenters. The molecule has 2 aromatic rings. The molecule has 0 aliphatic heterocycles. The molecule has 0 N–H and O–H groups in total. The molecule has 2 aliphatic carbocycles. The summed E-state index contributed by atoms with van der Waals surface area (Å²) in [6, 6.07) is 24.1. The third-order valence-electron chi connectivity index (χ3n) is 7.41. The molecule has 0 bridgehead atoms. The zero-order valence-corrected chi connectivity index (χ0v) is 18.9. The average molecular weight is 387 g/mol. The molecule has 2 aromatic carbocycles. The Morgan fingerprint density at radius 2 is 1.25 bits per heavy atom. The third kappa shape index (κ3) is 3.82. The molecule has 28 heavy (non-hydrogen) atoms. The highest BCUT2D eigenvalue weighted by atomic mass is 28.3. The van der Waals surface area contributed by atoms with Crippen LogP contribution in [0.1, 0.15) is 52.9 Å². The maximum Gasteiger partial charge on any atom is 0.104 e. The molecule has 4 rings (SSSR count). The fourth-order valence-corrected chi connectivity index (χ4v) is 9.03. The van der Waals surface area contributed by atoms with Crippen molar-refractivity contribution in [3.63, 3.8) is 0 Å². The SMILES string of the molecule is CC1=C(C)C(C[SiH](c2ccccc2)c2ccccc2)C(C2CCCCC2)=C1C. The summed E-state index contributed by atoms with van der Waals surface area (Å²) < 4.78 is 0. The summed E-state index contributed by atoms with van der Waals surface area (Å²) in [5, 5.41) is 3.18. The summed E-state index contributed by atoms with van der Waals surface area (Å²) in [7, 11) is -1.26. The Hall–Kier alpha value is -1.86. The van der Waals surface area contributed by atoms with Crippen molar-refractivity contribution in [2.45, 2.75) is 58.9 Å². The van der Waals surface area contributed by atoms with Gasteiger partial charge in [-0.2, -0.15) is 0 Å². The van der Waals surface area contributed by atoms with Crippen molar-refractivity contribution in [2.24, 2.45) is 11.8 Å². The molecule has 0 saturated heterocycles. The fourth-order valence-electron chi connectivity index (χ4n) is 5.65. The van der Waals surface area contributed by atoms with Crippen LogP contribution in [0.4, 0.5) is 0 Å².